The lowest BCUT2D eigenvalue weighted by Gasteiger charge is -2.15. The fraction of sp³-hybridized carbons (Fsp3) is 0.333. The predicted molar refractivity (Wildman–Crippen MR) is 66.8 cm³/mol. The van der Waals surface area contributed by atoms with Gasteiger partial charge in [-0.3, -0.25) is 5.14 Å². The molecule has 1 rings (SSSR count). The molecule has 2 nitrogen and oxygen atoms in total. The Morgan fingerprint density at radius 2 is 1.84 bits per heavy atom. The summed E-state index contributed by atoms with van der Waals surface area (Å²) in [5.74, 6) is -0.996. The molecule has 0 amide bonds. The Hall–Kier alpha value is -1.21. The Morgan fingerprint density at radius 1 is 1.26 bits per heavy atom. The SMILES string of the molecule is CC(C)(C=Cc1ccc(C(F)(F)F)cc1F)S(N)=O. The molecule has 2 N–H and O–H groups in total. The van der Waals surface area contributed by atoms with E-state index in [4.69, 9.17) is 5.14 Å². The van der Waals surface area contributed by atoms with Gasteiger partial charge in [-0.15, -0.1) is 0 Å². The van der Waals surface area contributed by atoms with Crippen molar-refractivity contribution in [1.82, 2.24) is 0 Å². The highest BCUT2D eigenvalue weighted by molar-refractivity contribution is 7.84. The first-order chi connectivity index (χ1) is 8.54. The Morgan fingerprint density at radius 3 is 2.26 bits per heavy atom. The predicted octanol–water partition coefficient (Wildman–Crippen LogP) is 3.26. The van der Waals surface area contributed by atoms with Crippen LogP contribution in [-0.2, 0) is 17.2 Å². The second-order valence-electron chi connectivity index (χ2n) is 4.47. The first-order valence-electron chi connectivity index (χ1n) is 5.26. The molecule has 106 valence electrons. The number of hydrogen-bond donors (Lipinski definition) is 1. The van der Waals surface area contributed by atoms with E-state index in [2.05, 4.69) is 0 Å². The number of nitrogens with two attached hydrogens (primary N) is 1. The van der Waals surface area contributed by atoms with Crippen molar-refractivity contribution < 1.29 is 21.8 Å². The van der Waals surface area contributed by atoms with E-state index in [1.807, 2.05) is 0 Å². The van der Waals surface area contributed by atoms with Crippen LogP contribution in [0.5, 0.6) is 0 Å². The van der Waals surface area contributed by atoms with Gasteiger partial charge in [0.15, 0.2) is 0 Å². The second kappa shape index (κ2) is 5.42. The molecule has 0 heterocycles. The molecule has 19 heavy (non-hydrogen) atoms. The second-order valence-corrected chi connectivity index (χ2v) is 6.12. The molecule has 1 aromatic rings. The molecule has 0 aliphatic heterocycles. The van der Waals surface area contributed by atoms with Crippen molar-refractivity contribution in [3.8, 4) is 0 Å². The van der Waals surface area contributed by atoms with Crippen LogP contribution in [0.3, 0.4) is 0 Å². The van der Waals surface area contributed by atoms with Gasteiger partial charge in [-0.05, 0) is 26.0 Å². The molecule has 0 aromatic heterocycles. The number of halogens is 4. The van der Waals surface area contributed by atoms with Gasteiger partial charge in [-0.25, -0.2) is 8.60 Å². The quantitative estimate of drug-likeness (QED) is 0.855. The van der Waals surface area contributed by atoms with Crippen molar-refractivity contribution in [3.05, 3.63) is 41.2 Å². The van der Waals surface area contributed by atoms with Gasteiger partial charge in [-0.2, -0.15) is 13.2 Å². The summed E-state index contributed by atoms with van der Waals surface area (Å²) in [4.78, 5) is 0. The van der Waals surface area contributed by atoms with Crippen molar-refractivity contribution in [1.29, 1.82) is 0 Å². The molecule has 0 spiro atoms. The monoisotopic (exact) mass is 295 g/mol. The van der Waals surface area contributed by atoms with Gasteiger partial charge >= 0.3 is 6.18 Å². The van der Waals surface area contributed by atoms with Crippen molar-refractivity contribution >= 4 is 17.1 Å². The van der Waals surface area contributed by atoms with E-state index in [1.165, 1.54) is 12.2 Å². The fourth-order valence-corrected chi connectivity index (χ4v) is 1.40. The minimum atomic E-state index is -4.58. The third-order valence-electron chi connectivity index (χ3n) is 2.51. The Balaban J connectivity index is 3.06. The van der Waals surface area contributed by atoms with E-state index in [0.717, 1.165) is 12.1 Å². The van der Waals surface area contributed by atoms with Crippen LogP contribution in [0, 0.1) is 5.82 Å². The first kappa shape index (κ1) is 15.8. The molecule has 0 saturated heterocycles. The molecule has 1 unspecified atom stereocenters. The van der Waals surface area contributed by atoms with Crippen LogP contribution in [0.2, 0.25) is 0 Å². The van der Waals surface area contributed by atoms with Gasteiger partial charge in [0.25, 0.3) is 0 Å². The largest absolute Gasteiger partial charge is 0.416 e. The zero-order chi connectivity index (χ0) is 14.8. The summed E-state index contributed by atoms with van der Waals surface area (Å²) in [6.07, 6.45) is -1.92. The van der Waals surface area contributed by atoms with Crippen LogP contribution in [0.1, 0.15) is 25.0 Å². The zero-order valence-corrected chi connectivity index (χ0v) is 11.1. The van der Waals surface area contributed by atoms with Crippen LogP contribution in [-0.4, -0.2) is 8.96 Å². The van der Waals surface area contributed by atoms with Crippen LogP contribution in [0.4, 0.5) is 17.6 Å². The van der Waals surface area contributed by atoms with Gasteiger partial charge < -0.3 is 0 Å². The minimum absolute atomic E-state index is 0.0217. The van der Waals surface area contributed by atoms with Crippen molar-refractivity contribution in [2.24, 2.45) is 5.14 Å². The van der Waals surface area contributed by atoms with E-state index in [-0.39, 0.29) is 5.56 Å². The first-order valence-corrected chi connectivity index (χ1v) is 6.47. The fourth-order valence-electron chi connectivity index (χ4n) is 1.20. The summed E-state index contributed by atoms with van der Waals surface area (Å²) in [5, 5.41) is 5.23. The zero-order valence-electron chi connectivity index (χ0n) is 10.3. The van der Waals surface area contributed by atoms with E-state index < -0.39 is 33.3 Å². The Labute approximate surface area is 110 Å². The smallest absolute Gasteiger partial charge is 0.251 e. The lowest BCUT2D eigenvalue weighted by Crippen LogP contribution is -2.29. The minimum Gasteiger partial charge on any atom is -0.251 e. The molecule has 0 fully saturated rings. The molecule has 1 aromatic carbocycles. The van der Waals surface area contributed by atoms with Crippen molar-refractivity contribution in [2.75, 3.05) is 0 Å². The summed E-state index contributed by atoms with van der Waals surface area (Å²) in [5.41, 5.74) is -1.07. The molecule has 7 heteroatoms. The Bertz CT molecular complexity index is 523. The molecule has 0 bridgehead atoms. The van der Waals surface area contributed by atoms with Gasteiger partial charge in [0.2, 0.25) is 0 Å². The van der Waals surface area contributed by atoms with Crippen molar-refractivity contribution in [3.63, 3.8) is 0 Å². The Kier molecular flexibility index (Phi) is 4.52. The maximum atomic E-state index is 13.5. The molecule has 0 radical (unpaired) electrons. The summed E-state index contributed by atoms with van der Waals surface area (Å²) >= 11 is 0. The van der Waals surface area contributed by atoms with Crippen LogP contribution in [0.25, 0.3) is 6.08 Å². The van der Waals surface area contributed by atoms with Gasteiger partial charge in [0, 0.05) is 5.56 Å². The third-order valence-corrected chi connectivity index (χ3v) is 3.68. The lowest BCUT2D eigenvalue weighted by molar-refractivity contribution is -0.137. The standard InChI is InChI=1S/C12H13F4NOS/c1-11(2,19(17)18)6-5-8-3-4-9(7-10(8)13)12(14,15)16/h3-7H,17H2,1-2H3. The van der Waals surface area contributed by atoms with Gasteiger partial charge in [0.05, 0.1) is 21.3 Å². The number of alkyl halides is 3. The highest BCUT2D eigenvalue weighted by Gasteiger charge is 2.31. The molecule has 0 saturated carbocycles. The van der Waals surface area contributed by atoms with Crippen molar-refractivity contribution in [2.45, 2.75) is 24.8 Å². The van der Waals surface area contributed by atoms with Gasteiger partial charge in [-0.1, -0.05) is 18.2 Å². The van der Waals surface area contributed by atoms with Crippen LogP contribution in [0.15, 0.2) is 24.3 Å². The molecular weight excluding hydrogens is 282 g/mol. The molecular formula is C12H13F4NOS. The maximum absolute atomic E-state index is 13.5. The molecule has 0 aliphatic rings. The normalized spacial score (nSPS) is 14.9. The average Bonchev–Trinajstić information content (AvgIpc) is 2.25. The summed E-state index contributed by atoms with van der Waals surface area (Å²) in [7, 11) is -1.66. The number of rotatable bonds is 3. The highest BCUT2D eigenvalue weighted by atomic mass is 32.2. The van der Waals surface area contributed by atoms with E-state index >= 15 is 0 Å². The van der Waals surface area contributed by atoms with Crippen LogP contribution >= 0.6 is 0 Å². The highest BCUT2D eigenvalue weighted by Crippen LogP contribution is 2.30. The van der Waals surface area contributed by atoms with E-state index in [0.29, 0.717) is 6.07 Å². The number of benzene rings is 1. The van der Waals surface area contributed by atoms with Crippen LogP contribution < -0.4 is 5.14 Å². The molecule has 0 aliphatic carbocycles. The summed E-state index contributed by atoms with van der Waals surface area (Å²) in [6.45, 7) is 3.14. The maximum Gasteiger partial charge on any atom is 0.416 e. The number of hydrogen-bond acceptors (Lipinski definition) is 1. The summed E-state index contributed by atoms with van der Waals surface area (Å²) < 4.78 is 60.8. The average molecular weight is 295 g/mol. The third kappa shape index (κ3) is 4.14. The lowest BCUT2D eigenvalue weighted by atomic mass is 10.1. The van der Waals surface area contributed by atoms with E-state index in [9.17, 15) is 21.8 Å². The summed E-state index contributed by atoms with van der Waals surface area (Å²) in [6, 6.07) is 2.23. The van der Waals surface area contributed by atoms with Gasteiger partial charge in [0.1, 0.15) is 5.82 Å². The van der Waals surface area contributed by atoms with E-state index in [1.54, 1.807) is 13.8 Å². The molecule has 1 atom stereocenters. The topological polar surface area (TPSA) is 43.1 Å².